The van der Waals surface area contributed by atoms with Crippen LogP contribution in [-0.2, 0) is 41.6 Å². The van der Waals surface area contributed by atoms with Crippen LogP contribution in [0.2, 0.25) is 0 Å². The molecule has 0 aliphatic carbocycles. The SMILES string of the molecule is CCC(CC)C(=O)OC(C)OC(=O)C1=C(CSc2nnnn2CCN(C)C)CS[C@@H]2[C@H](NC(=O)Cc3csc(N)n3)C(=O)N12.Cl.Cl. The minimum atomic E-state index is -1.17. The van der Waals surface area contributed by atoms with Crippen LogP contribution >= 0.6 is 59.7 Å². The Morgan fingerprint density at radius 2 is 1.93 bits per heavy atom. The Bertz CT molecular complexity index is 1400. The molecular formula is C26H39Cl2N9O6S3. The second-order valence-corrected chi connectivity index (χ2v) is 13.4. The van der Waals surface area contributed by atoms with Crippen LogP contribution in [0.5, 0.6) is 0 Å². The Balaban J connectivity index is 0.00000368. The summed E-state index contributed by atoms with van der Waals surface area (Å²) in [5, 5.41) is 16.8. The van der Waals surface area contributed by atoms with Crippen molar-refractivity contribution in [2.24, 2.45) is 5.92 Å². The number of halogens is 2. The fraction of sp³-hybridized carbons (Fsp3) is 0.615. The number of likely N-dealkylation sites (N-methyl/N-ethyl adjacent to an activating group) is 1. The molecule has 1 saturated heterocycles. The van der Waals surface area contributed by atoms with E-state index in [9.17, 15) is 19.2 Å². The minimum absolute atomic E-state index is 0. The van der Waals surface area contributed by atoms with Crippen molar-refractivity contribution in [2.75, 3.05) is 37.9 Å². The Labute approximate surface area is 291 Å². The van der Waals surface area contributed by atoms with Gasteiger partial charge in [0.05, 0.1) is 24.6 Å². The van der Waals surface area contributed by atoms with Crippen LogP contribution in [0.3, 0.4) is 0 Å². The number of nitrogens with zero attached hydrogens (tertiary/aromatic N) is 7. The summed E-state index contributed by atoms with van der Waals surface area (Å²) in [6, 6.07) is -0.830. The van der Waals surface area contributed by atoms with Crippen molar-refractivity contribution >= 4 is 88.6 Å². The van der Waals surface area contributed by atoms with Crippen molar-refractivity contribution in [2.45, 2.75) is 69.4 Å². The third-order valence-electron chi connectivity index (χ3n) is 6.98. The lowest BCUT2D eigenvalue weighted by molar-refractivity contribution is -0.187. The average Bonchev–Trinajstić information content (AvgIpc) is 3.61. The van der Waals surface area contributed by atoms with E-state index >= 15 is 0 Å². The molecule has 1 fully saturated rings. The molecule has 15 nitrogen and oxygen atoms in total. The number of carbonyl (C=O) groups excluding carboxylic acids is 4. The molecule has 2 amide bonds. The lowest BCUT2D eigenvalue weighted by atomic mass is 10.0. The minimum Gasteiger partial charge on any atom is -0.425 e. The predicted octanol–water partition coefficient (Wildman–Crippen LogP) is 1.97. The van der Waals surface area contributed by atoms with Crippen LogP contribution < -0.4 is 11.1 Å². The quantitative estimate of drug-likeness (QED) is 0.117. The van der Waals surface area contributed by atoms with Gasteiger partial charge in [-0.25, -0.2) is 14.5 Å². The average molecular weight is 741 g/mol. The van der Waals surface area contributed by atoms with E-state index in [4.69, 9.17) is 15.2 Å². The van der Waals surface area contributed by atoms with Crippen molar-refractivity contribution in [1.82, 2.24) is 40.3 Å². The van der Waals surface area contributed by atoms with Crippen LogP contribution in [0.25, 0.3) is 0 Å². The van der Waals surface area contributed by atoms with Gasteiger partial charge in [0, 0.05) is 30.4 Å². The molecular weight excluding hydrogens is 701 g/mol. The number of nitrogen functional groups attached to an aromatic ring is 1. The van der Waals surface area contributed by atoms with E-state index < -0.39 is 35.6 Å². The molecule has 2 aliphatic rings. The number of ether oxygens (including phenoxy) is 2. The number of esters is 2. The molecule has 20 heteroatoms. The van der Waals surface area contributed by atoms with Crippen molar-refractivity contribution in [3.8, 4) is 0 Å². The number of rotatable bonds is 15. The monoisotopic (exact) mass is 739 g/mol. The summed E-state index contributed by atoms with van der Waals surface area (Å²) >= 11 is 3.99. The number of nitrogens with two attached hydrogens (primary N) is 1. The number of thiazole rings is 1. The Morgan fingerprint density at radius 1 is 1.22 bits per heavy atom. The van der Waals surface area contributed by atoms with E-state index in [1.54, 1.807) is 10.1 Å². The van der Waals surface area contributed by atoms with Crippen molar-refractivity contribution in [3.63, 3.8) is 0 Å². The molecule has 0 spiro atoms. The number of tetrazole rings is 1. The summed E-state index contributed by atoms with van der Waals surface area (Å²) in [5.74, 6) is -1.68. The van der Waals surface area contributed by atoms with Crippen LogP contribution in [0, 0.1) is 5.92 Å². The Hall–Kier alpha value is -2.64. The standard InChI is InChI=1S/C26H37N9O6S3.2ClH/c1-6-15(7-2)23(38)40-14(3)41-24(39)20-16(12-44-26-30-31-32-34(26)9-8-33(4)5)11-42-22-19(21(37)35(20)22)29-18(36)10-17-13-43-25(27)28-17;;/h13-15,19,22H,6-12H2,1-5H3,(H2,27,28)(H,29,36);2*1H/t14?,19-,22-;;/m1../s1. The molecule has 0 radical (unpaired) electrons. The number of hydrogen-bond acceptors (Lipinski definition) is 15. The number of nitrogens with one attached hydrogen (secondary N) is 1. The number of anilines is 1. The first kappa shape index (κ1) is 39.5. The topological polar surface area (TPSA) is 188 Å². The number of β-lactam (4-membered cyclic amide) rings is 1. The smallest absolute Gasteiger partial charge is 0.358 e. The highest BCUT2D eigenvalue weighted by Gasteiger charge is 2.54. The number of fused-ring (bicyclic) bond motifs is 1. The van der Waals surface area contributed by atoms with Crippen LogP contribution in [0.1, 0.15) is 39.3 Å². The largest absolute Gasteiger partial charge is 0.425 e. The molecule has 0 aromatic carbocycles. The molecule has 2 aromatic heterocycles. The molecule has 3 atom stereocenters. The first-order chi connectivity index (χ1) is 21.0. The van der Waals surface area contributed by atoms with Gasteiger partial charge in [-0.1, -0.05) is 25.6 Å². The van der Waals surface area contributed by atoms with Gasteiger partial charge >= 0.3 is 11.9 Å². The molecule has 46 heavy (non-hydrogen) atoms. The molecule has 1 unspecified atom stereocenters. The summed E-state index contributed by atoms with van der Waals surface area (Å²) in [4.78, 5) is 59.6. The first-order valence-corrected chi connectivity index (χ1v) is 17.0. The van der Waals surface area contributed by atoms with Gasteiger partial charge in [-0.2, -0.15) is 0 Å². The number of hydrogen-bond donors (Lipinski definition) is 2. The fourth-order valence-corrected chi connectivity index (χ4v) is 7.53. The lowest BCUT2D eigenvalue weighted by Gasteiger charge is -2.49. The Kier molecular flexibility index (Phi) is 15.5. The summed E-state index contributed by atoms with van der Waals surface area (Å²) in [6.45, 7) is 6.54. The molecule has 256 valence electrons. The molecule has 3 N–H and O–H groups in total. The summed E-state index contributed by atoms with van der Waals surface area (Å²) < 4.78 is 12.6. The van der Waals surface area contributed by atoms with E-state index in [1.807, 2.05) is 32.8 Å². The van der Waals surface area contributed by atoms with Gasteiger partial charge in [0.25, 0.3) is 5.91 Å². The zero-order valence-electron chi connectivity index (χ0n) is 26.0. The number of aromatic nitrogens is 5. The van der Waals surface area contributed by atoms with Gasteiger partial charge in [-0.15, -0.1) is 53.0 Å². The first-order valence-electron chi connectivity index (χ1n) is 14.1. The second kappa shape index (κ2) is 18.1. The van der Waals surface area contributed by atoms with Gasteiger partial charge in [-0.05, 0) is 42.9 Å². The van der Waals surface area contributed by atoms with Crippen LogP contribution in [0.15, 0.2) is 21.8 Å². The molecule has 2 aliphatic heterocycles. The normalized spacial score (nSPS) is 17.9. The number of amides is 2. The van der Waals surface area contributed by atoms with Crippen LogP contribution in [-0.4, -0.2) is 109 Å². The van der Waals surface area contributed by atoms with Gasteiger partial charge in [-0.3, -0.25) is 19.3 Å². The van der Waals surface area contributed by atoms with E-state index in [2.05, 4.69) is 25.8 Å². The van der Waals surface area contributed by atoms with E-state index in [0.717, 1.165) is 6.54 Å². The maximum Gasteiger partial charge on any atom is 0.358 e. The van der Waals surface area contributed by atoms with Crippen molar-refractivity contribution in [1.29, 1.82) is 0 Å². The lowest BCUT2D eigenvalue weighted by Crippen LogP contribution is -2.70. The van der Waals surface area contributed by atoms with Gasteiger partial charge in [0.1, 0.15) is 17.1 Å². The highest BCUT2D eigenvalue weighted by Crippen LogP contribution is 2.42. The molecule has 4 heterocycles. The maximum absolute atomic E-state index is 13.6. The summed E-state index contributed by atoms with van der Waals surface area (Å²) in [6.07, 6.45) is 0.00551. The Morgan fingerprint density at radius 3 is 2.57 bits per heavy atom. The fourth-order valence-electron chi connectivity index (χ4n) is 4.57. The van der Waals surface area contributed by atoms with Crippen molar-refractivity contribution in [3.05, 3.63) is 22.3 Å². The maximum atomic E-state index is 13.6. The highest BCUT2D eigenvalue weighted by atomic mass is 35.5. The summed E-state index contributed by atoms with van der Waals surface area (Å²) in [5.41, 5.74) is 6.88. The van der Waals surface area contributed by atoms with E-state index in [1.165, 1.54) is 46.7 Å². The molecule has 0 bridgehead atoms. The highest BCUT2D eigenvalue weighted by molar-refractivity contribution is 8.01. The number of thioether (sulfide) groups is 2. The predicted molar refractivity (Wildman–Crippen MR) is 180 cm³/mol. The molecule has 2 aromatic rings. The van der Waals surface area contributed by atoms with Gasteiger partial charge in [0.2, 0.25) is 17.4 Å². The van der Waals surface area contributed by atoms with Gasteiger partial charge in [0.15, 0.2) is 5.13 Å². The molecule has 4 rings (SSSR count). The third-order valence-corrected chi connectivity index (χ3v) is 10.1. The van der Waals surface area contributed by atoms with E-state index in [0.29, 0.717) is 52.4 Å². The molecule has 0 saturated carbocycles. The van der Waals surface area contributed by atoms with Crippen molar-refractivity contribution < 1.29 is 28.7 Å². The van der Waals surface area contributed by atoms with Gasteiger partial charge < -0.3 is 25.4 Å². The third kappa shape index (κ3) is 9.70. The number of carbonyl (C=O) groups is 4. The second-order valence-electron chi connectivity index (χ2n) is 10.5. The summed E-state index contributed by atoms with van der Waals surface area (Å²) in [7, 11) is 3.90. The zero-order chi connectivity index (χ0) is 32.0. The van der Waals surface area contributed by atoms with Crippen LogP contribution in [0.4, 0.5) is 5.13 Å². The van der Waals surface area contributed by atoms with E-state index in [-0.39, 0.29) is 48.8 Å². The zero-order valence-corrected chi connectivity index (χ0v) is 30.1.